The van der Waals surface area contributed by atoms with Crippen LogP contribution in [-0.2, 0) is 4.79 Å². The lowest BCUT2D eigenvalue weighted by Gasteiger charge is -2.01. The summed E-state index contributed by atoms with van der Waals surface area (Å²) in [6.07, 6.45) is 0. The van der Waals surface area contributed by atoms with Gasteiger partial charge in [-0.15, -0.1) is 0 Å². The Hall–Kier alpha value is -1.23. The number of carboxylic acid groups (broad SMARTS) is 1. The van der Waals surface area contributed by atoms with Crippen molar-refractivity contribution in [2.45, 2.75) is 6.92 Å². The van der Waals surface area contributed by atoms with Gasteiger partial charge >= 0.3 is 0 Å². The van der Waals surface area contributed by atoms with Gasteiger partial charge in [-0.3, -0.25) is 4.79 Å². The van der Waals surface area contributed by atoms with E-state index >= 15 is 0 Å². The Balaban J connectivity index is 0.000000364. The second-order valence-electron chi connectivity index (χ2n) is 2.34. The molecule has 0 aliphatic rings. The summed E-state index contributed by atoms with van der Waals surface area (Å²) in [5.41, 5.74) is 0. The van der Waals surface area contributed by atoms with Crippen LogP contribution in [0.5, 0.6) is 11.5 Å². The van der Waals surface area contributed by atoms with Crippen LogP contribution in [0.25, 0.3) is 0 Å². The Morgan fingerprint density at radius 3 is 2.36 bits per heavy atom. The van der Waals surface area contributed by atoms with Crippen LogP contribution in [0.3, 0.4) is 0 Å². The van der Waals surface area contributed by atoms with Gasteiger partial charge in [0.1, 0.15) is 0 Å². The van der Waals surface area contributed by atoms with Gasteiger partial charge in [0, 0.05) is 11.4 Å². The topological polar surface area (TPSA) is 66.8 Å². The molecule has 0 aliphatic carbocycles. The molecule has 1 rings (SSSR count). The van der Waals surface area contributed by atoms with Gasteiger partial charge in [0.15, 0.2) is 11.5 Å². The van der Waals surface area contributed by atoms with Crippen LogP contribution in [0.15, 0.2) is 22.7 Å². The van der Waals surface area contributed by atoms with E-state index in [9.17, 15) is 0 Å². The fraction of sp³-hybridized carbons (Fsp3) is 0.222. The lowest BCUT2D eigenvalue weighted by molar-refractivity contribution is -0.134. The van der Waals surface area contributed by atoms with E-state index in [0.29, 0.717) is 5.75 Å². The molecular weight excluding hydrogens is 252 g/mol. The Kier molecular flexibility index (Phi) is 5.71. The number of hydrogen-bond donors (Lipinski definition) is 2. The number of hydrogen-bond acceptors (Lipinski definition) is 3. The van der Waals surface area contributed by atoms with Gasteiger partial charge in [-0.25, -0.2) is 0 Å². The molecule has 0 saturated carbocycles. The predicted molar refractivity (Wildman–Crippen MR) is 55.7 cm³/mol. The summed E-state index contributed by atoms with van der Waals surface area (Å²) < 4.78 is 5.67. The summed E-state index contributed by atoms with van der Waals surface area (Å²) in [4.78, 5) is 9.00. The Morgan fingerprint density at radius 2 is 2.00 bits per heavy atom. The normalized spacial score (nSPS) is 8.50. The molecule has 0 heterocycles. The summed E-state index contributed by atoms with van der Waals surface area (Å²) in [7, 11) is 1.52. The van der Waals surface area contributed by atoms with Gasteiger partial charge < -0.3 is 14.9 Å². The summed E-state index contributed by atoms with van der Waals surface area (Å²) in [5, 5.41) is 16.6. The lowest BCUT2D eigenvalue weighted by Crippen LogP contribution is -1.81. The van der Waals surface area contributed by atoms with E-state index in [0.717, 1.165) is 11.4 Å². The molecule has 0 aromatic heterocycles. The van der Waals surface area contributed by atoms with Crippen LogP contribution in [0, 0.1) is 0 Å². The zero-order valence-corrected chi connectivity index (χ0v) is 9.41. The van der Waals surface area contributed by atoms with Gasteiger partial charge in [0.25, 0.3) is 5.97 Å². The highest BCUT2D eigenvalue weighted by Crippen LogP contribution is 2.28. The van der Waals surface area contributed by atoms with E-state index in [1.54, 1.807) is 18.2 Å². The molecule has 0 radical (unpaired) electrons. The van der Waals surface area contributed by atoms with Crippen LogP contribution < -0.4 is 4.74 Å². The maximum absolute atomic E-state index is 9.14. The minimum atomic E-state index is -0.833. The van der Waals surface area contributed by atoms with Crippen LogP contribution in [-0.4, -0.2) is 23.3 Å². The predicted octanol–water partition coefficient (Wildman–Crippen LogP) is 2.25. The number of phenolic OH excluding ortho intramolecular Hbond substituents is 1. The number of phenols is 1. The molecule has 0 amide bonds. The molecule has 78 valence electrons. The van der Waals surface area contributed by atoms with Crippen molar-refractivity contribution in [1.29, 1.82) is 0 Å². The average Bonchev–Trinajstić information content (AvgIpc) is 2.03. The molecule has 1 aromatic rings. The van der Waals surface area contributed by atoms with E-state index < -0.39 is 5.97 Å². The number of carboxylic acids is 1. The number of benzene rings is 1. The van der Waals surface area contributed by atoms with Crippen molar-refractivity contribution >= 4 is 21.9 Å². The summed E-state index contributed by atoms with van der Waals surface area (Å²) in [6.45, 7) is 1.08. The first-order valence-corrected chi connectivity index (χ1v) is 4.48. The second-order valence-corrected chi connectivity index (χ2v) is 3.25. The van der Waals surface area contributed by atoms with Gasteiger partial charge in [-0.1, -0.05) is 15.9 Å². The molecule has 0 atom stereocenters. The van der Waals surface area contributed by atoms with Crippen molar-refractivity contribution < 1.29 is 19.7 Å². The Morgan fingerprint density at radius 1 is 1.50 bits per heavy atom. The molecule has 5 heteroatoms. The number of ether oxygens (including phenoxy) is 1. The van der Waals surface area contributed by atoms with Crippen molar-refractivity contribution in [1.82, 2.24) is 0 Å². The fourth-order valence-electron chi connectivity index (χ4n) is 0.663. The number of rotatable bonds is 1. The lowest BCUT2D eigenvalue weighted by atomic mass is 10.3. The minimum absolute atomic E-state index is 0.150. The number of halogens is 1. The summed E-state index contributed by atoms with van der Waals surface area (Å²) >= 11 is 3.21. The first-order chi connectivity index (χ1) is 6.47. The van der Waals surface area contributed by atoms with Crippen molar-refractivity contribution in [3.8, 4) is 11.5 Å². The SMILES string of the molecule is CC(=O)O.COc1ccc(Br)cc1O. The van der Waals surface area contributed by atoms with Gasteiger partial charge in [-0.2, -0.15) is 0 Å². The zero-order valence-electron chi connectivity index (χ0n) is 7.82. The smallest absolute Gasteiger partial charge is 0.300 e. The molecule has 0 bridgehead atoms. The van der Waals surface area contributed by atoms with Gasteiger partial charge in [0.05, 0.1) is 7.11 Å². The third kappa shape index (κ3) is 5.42. The third-order valence-electron chi connectivity index (χ3n) is 1.14. The first-order valence-electron chi connectivity index (χ1n) is 3.69. The first kappa shape index (κ1) is 12.8. The van der Waals surface area contributed by atoms with Crippen molar-refractivity contribution in [2.75, 3.05) is 7.11 Å². The molecule has 14 heavy (non-hydrogen) atoms. The highest BCUT2D eigenvalue weighted by molar-refractivity contribution is 9.10. The zero-order chi connectivity index (χ0) is 11.1. The summed E-state index contributed by atoms with van der Waals surface area (Å²) in [5.74, 6) is -0.194. The molecule has 4 nitrogen and oxygen atoms in total. The van der Waals surface area contributed by atoms with Crippen molar-refractivity contribution in [2.24, 2.45) is 0 Å². The quantitative estimate of drug-likeness (QED) is 0.815. The Labute approximate surface area is 90.3 Å². The van der Waals surface area contributed by atoms with E-state index in [-0.39, 0.29) is 5.75 Å². The largest absolute Gasteiger partial charge is 0.504 e. The third-order valence-corrected chi connectivity index (χ3v) is 1.63. The van der Waals surface area contributed by atoms with Crippen LogP contribution in [0.2, 0.25) is 0 Å². The van der Waals surface area contributed by atoms with Crippen LogP contribution in [0.4, 0.5) is 0 Å². The number of methoxy groups -OCH3 is 1. The standard InChI is InChI=1S/C7H7BrO2.C2H4O2/c1-10-7-3-2-5(8)4-6(7)9;1-2(3)4/h2-4,9H,1H3;1H3,(H,3,4). The minimum Gasteiger partial charge on any atom is -0.504 e. The molecule has 0 fully saturated rings. The van der Waals surface area contributed by atoms with E-state index in [2.05, 4.69) is 15.9 Å². The van der Waals surface area contributed by atoms with E-state index in [1.807, 2.05) is 0 Å². The summed E-state index contributed by atoms with van der Waals surface area (Å²) in [6, 6.07) is 5.08. The van der Waals surface area contributed by atoms with Crippen LogP contribution in [0.1, 0.15) is 6.92 Å². The molecule has 1 aromatic carbocycles. The highest BCUT2D eigenvalue weighted by Gasteiger charge is 1.98. The van der Waals surface area contributed by atoms with Crippen molar-refractivity contribution in [3.05, 3.63) is 22.7 Å². The molecule has 0 aliphatic heterocycles. The van der Waals surface area contributed by atoms with Crippen molar-refractivity contribution in [3.63, 3.8) is 0 Å². The van der Waals surface area contributed by atoms with E-state index in [1.165, 1.54) is 7.11 Å². The average molecular weight is 263 g/mol. The molecule has 0 saturated heterocycles. The van der Waals surface area contributed by atoms with Gasteiger partial charge in [-0.05, 0) is 18.2 Å². The monoisotopic (exact) mass is 262 g/mol. The van der Waals surface area contributed by atoms with Gasteiger partial charge in [0.2, 0.25) is 0 Å². The second kappa shape index (κ2) is 6.26. The molecule has 0 unspecified atom stereocenters. The molecular formula is C9H11BrO4. The number of aromatic hydroxyl groups is 1. The Bertz CT molecular complexity index is 308. The number of aliphatic carboxylic acids is 1. The highest BCUT2D eigenvalue weighted by atomic mass is 79.9. The van der Waals surface area contributed by atoms with E-state index in [4.69, 9.17) is 19.7 Å². The van der Waals surface area contributed by atoms with Crippen LogP contribution >= 0.6 is 15.9 Å². The maximum atomic E-state index is 9.14. The maximum Gasteiger partial charge on any atom is 0.300 e. The fourth-order valence-corrected chi connectivity index (χ4v) is 1.01. The number of carbonyl (C=O) groups is 1. The molecule has 0 spiro atoms. The molecule has 2 N–H and O–H groups in total.